The highest BCUT2D eigenvalue weighted by Crippen LogP contribution is 2.12. The maximum Gasteiger partial charge on any atom is 0.320 e. The predicted octanol–water partition coefficient (Wildman–Crippen LogP) is 4.48. The normalized spacial score (nSPS) is 11.1. The Labute approximate surface area is 152 Å². The second kappa shape index (κ2) is 17.7. The van der Waals surface area contributed by atoms with Crippen LogP contribution in [0.3, 0.4) is 0 Å². The van der Waals surface area contributed by atoms with Gasteiger partial charge in [0.15, 0.2) is 0 Å². The van der Waals surface area contributed by atoms with Crippen molar-refractivity contribution in [3.8, 4) is 0 Å². The van der Waals surface area contributed by atoms with Crippen molar-refractivity contribution in [1.29, 1.82) is 0 Å². The summed E-state index contributed by atoms with van der Waals surface area (Å²) in [6.45, 7) is 2.50. The molecule has 0 aliphatic carbocycles. The number of rotatable bonds is 19. The zero-order valence-corrected chi connectivity index (χ0v) is 15.9. The smallest absolute Gasteiger partial charge is 0.320 e. The maximum absolute atomic E-state index is 10.7. The lowest BCUT2D eigenvalue weighted by molar-refractivity contribution is -0.180. The quantitative estimate of drug-likeness (QED) is 0.261. The van der Waals surface area contributed by atoms with Gasteiger partial charge in [0.2, 0.25) is 0 Å². The molecule has 0 rings (SSSR count). The first-order valence-corrected chi connectivity index (χ1v) is 9.87. The van der Waals surface area contributed by atoms with Gasteiger partial charge in [0, 0.05) is 6.54 Å². The van der Waals surface area contributed by atoms with Crippen LogP contribution in [0.15, 0.2) is 0 Å². The van der Waals surface area contributed by atoms with E-state index in [1.165, 1.54) is 69.3 Å². The number of carboxylic acid groups (broad SMARTS) is 2. The van der Waals surface area contributed by atoms with Gasteiger partial charge < -0.3 is 10.2 Å². The minimum atomic E-state index is -1.01. The Bertz CT molecular complexity index is 336. The van der Waals surface area contributed by atoms with E-state index in [0.717, 1.165) is 12.8 Å². The summed E-state index contributed by atoms with van der Waals surface area (Å²) in [6, 6.07) is 0. The zero-order valence-electron chi connectivity index (χ0n) is 15.9. The number of hydroxylamine groups is 2. The van der Waals surface area contributed by atoms with Crippen molar-refractivity contribution in [2.45, 2.75) is 90.4 Å². The molecule has 0 fully saturated rings. The molecule has 0 aromatic rings. The highest BCUT2D eigenvalue weighted by Gasteiger charge is 2.11. The molecule has 0 atom stereocenters. The van der Waals surface area contributed by atoms with Crippen LogP contribution in [-0.2, 0) is 14.4 Å². The zero-order chi connectivity index (χ0) is 18.8. The van der Waals surface area contributed by atoms with Gasteiger partial charge in [0.05, 0.1) is 13.0 Å². The van der Waals surface area contributed by atoms with Crippen LogP contribution in [0.25, 0.3) is 0 Å². The highest BCUT2D eigenvalue weighted by molar-refractivity contribution is 5.69. The molecular weight excluding hydrogens is 322 g/mol. The van der Waals surface area contributed by atoms with Crippen LogP contribution in [-0.4, -0.2) is 46.9 Å². The van der Waals surface area contributed by atoms with Crippen LogP contribution in [0, 0.1) is 0 Å². The van der Waals surface area contributed by atoms with E-state index in [2.05, 4.69) is 6.92 Å². The van der Waals surface area contributed by atoms with Crippen molar-refractivity contribution in [1.82, 2.24) is 5.06 Å². The molecule has 0 bridgehead atoms. The molecule has 0 aromatic heterocycles. The number of carboxylic acids is 2. The molecular formula is C19H37NO5. The number of unbranched alkanes of at least 4 members (excludes halogenated alkanes) is 11. The SMILES string of the molecule is CCCCCCCCCCCCCCON(CCC(=O)O)CC(=O)O. The predicted molar refractivity (Wildman–Crippen MR) is 98.5 cm³/mol. The molecule has 6 nitrogen and oxygen atoms in total. The molecule has 0 saturated heterocycles. The lowest BCUT2D eigenvalue weighted by Crippen LogP contribution is -2.32. The van der Waals surface area contributed by atoms with Crippen LogP contribution in [0.5, 0.6) is 0 Å². The second-order valence-corrected chi connectivity index (χ2v) is 6.62. The molecule has 0 saturated carbocycles. The summed E-state index contributed by atoms with van der Waals surface area (Å²) >= 11 is 0. The summed E-state index contributed by atoms with van der Waals surface area (Å²) in [7, 11) is 0. The van der Waals surface area contributed by atoms with Crippen LogP contribution in [0.4, 0.5) is 0 Å². The molecule has 0 heterocycles. The maximum atomic E-state index is 10.7. The lowest BCUT2D eigenvalue weighted by Gasteiger charge is -2.18. The monoisotopic (exact) mass is 359 g/mol. The number of carbonyl (C=O) groups is 2. The minimum Gasteiger partial charge on any atom is -0.481 e. The summed E-state index contributed by atoms with van der Waals surface area (Å²) < 4.78 is 0. The van der Waals surface area contributed by atoms with Crippen molar-refractivity contribution in [3.05, 3.63) is 0 Å². The summed E-state index contributed by atoms with van der Waals surface area (Å²) in [5.41, 5.74) is 0. The first-order valence-electron chi connectivity index (χ1n) is 9.87. The first kappa shape index (κ1) is 23.9. The minimum absolute atomic E-state index is 0.0971. The van der Waals surface area contributed by atoms with Crippen molar-refractivity contribution in [2.24, 2.45) is 0 Å². The van der Waals surface area contributed by atoms with Gasteiger partial charge in [-0.3, -0.25) is 14.4 Å². The Hall–Kier alpha value is -1.14. The van der Waals surface area contributed by atoms with Crippen molar-refractivity contribution >= 4 is 11.9 Å². The van der Waals surface area contributed by atoms with Crippen molar-refractivity contribution in [2.75, 3.05) is 19.7 Å². The molecule has 0 amide bonds. The Morgan fingerprint density at radius 1 is 0.760 bits per heavy atom. The lowest BCUT2D eigenvalue weighted by atomic mass is 10.1. The van der Waals surface area contributed by atoms with E-state index in [1.807, 2.05) is 0 Å². The van der Waals surface area contributed by atoms with E-state index in [1.54, 1.807) is 0 Å². The second-order valence-electron chi connectivity index (χ2n) is 6.62. The van der Waals surface area contributed by atoms with E-state index >= 15 is 0 Å². The Morgan fingerprint density at radius 2 is 1.24 bits per heavy atom. The molecule has 0 radical (unpaired) electrons. The average Bonchev–Trinajstić information content (AvgIpc) is 2.56. The Kier molecular flexibility index (Phi) is 16.9. The number of hydrogen-bond acceptors (Lipinski definition) is 4. The molecule has 0 unspecified atom stereocenters. The molecule has 0 aliphatic heterocycles. The Balaban J connectivity index is 3.44. The van der Waals surface area contributed by atoms with E-state index in [4.69, 9.17) is 15.1 Å². The van der Waals surface area contributed by atoms with Gasteiger partial charge in [0.25, 0.3) is 0 Å². The fraction of sp³-hybridized carbons (Fsp3) is 0.895. The van der Waals surface area contributed by atoms with E-state index < -0.39 is 11.9 Å². The average molecular weight is 360 g/mol. The van der Waals surface area contributed by atoms with E-state index in [9.17, 15) is 9.59 Å². The molecule has 0 aliphatic rings. The number of hydrogen-bond donors (Lipinski definition) is 2. The molecule has 0 spiro atoms. The summed E-state index contributed by atoms with van der Waals surface area (Å²) in [6.07, 6.45) is 15.0. The van der Waals surface area contributed by atoms with Gasteiger partial charge >= 0.3 is 11.9 Å². The van der Waals surface area contributed by atoms with Gasteiger partial charge in [-0.1, -0.05) is 77.6 Å². The van der Waals surface area contributed by atoms with Gasteiger partial charge in [-0.05, 0) is 6.42 Å². The van der Waals surface area contributed by atoms with Crippen LogP contribution in [0.2, 0.25) is 0 Å². The van der Waals surface area contributed by atoms with Crippen molar-refractivity contribution < 1.29 is 24.6 Å². The standard InChI is InChI=1S/C19H37NO5/c1-2-3-4-5-6-7-8-9-10-11-12-13-16-25-20(17-19(23)24)15-14-18(21)22/h2-17H2,1H3,(H,21,22)(H,23,24). The first-order chi connectivity index (χ1) is 12.1. The van der Waals surface area contributed by atoms with Crippen LogP contribution < -0.4 is 0 Å². The van der Waals surface area contributed by atoms with Gasteiger partial charge in [-0.15, -0.1) is 0 Å². The third-order valence-corrected chi connectivity index (χ3v) is 4.16. The van der Waals surface area contributed by atoms with Gasteiger partial charge in [-0.25, -0.2) is 0 Å². The summed E-state index contributed by atoms with van der Waals surface area (Å²) in [5, 5.41) is 18.7. The molecule has 6 heteroatoms. The van der Waals surface area contributed by atoms with Crippen molar-refractivity contribution in [3.63, 3.8) is 0 Å². The summed E-state index contributed by atoms with van der Waals surface area (Å²) in [5.74, 6) is -1.97. The van der Waals surface area contributed by atoms with Crippen LogP contribution >= 0.6 is 0 Å². The van der Waals surface area contributed by atoms with Gasteiger partial charge in [0.1, 0.15) is 6.54 Å². The third-order valence-electron chi connectivity index (χ3n) is 4.16. The third kappa shape index (κ3) is 19.0. The van der Waals surface area contributed by atoms with Gasteiger partial charge in [-0.2, -0.15) is 5.06 Å². The number of nitrogens with zero attached hydrogens (tertiary/aromatic N) is 1. The van der Waals surface area contributed by atoms with E-state index in [-0.39, 0.29) is 19.5 Å². The van der Waals surface area contributed by atoms with Crippen LogP contribution in [0.1, 0.15) is 90.4 Å². The Morgan fingerprint density at radius 3 is 1.68 bits per heavy atom. The molecule has 25 heavy (non-hydrogen) atoms. The van der Waals surface area contributed by atoms with E-state index in [0.29, 0.717) is 6.61 Å². The molecule has 2 N–H and O–H groups in total. The summed E-state index contributed by atoms with van der Waals surface area (Å²) in [4.78, 5) is 26.7. The number of aliphatic carboxylic acids is 2. The highest BCUT2D eigenvalue weighted by atomic mass is 16.7. The topological polar surface area (TPSA) is 87.1 Å². The fourth-order valence-electron chi connectivity index (χ4n) is 2.70. The fourth-order valence-corrected chi connectivity index (χ4v) is 2.70. The molecule has 148 valence electrons. The largest absolute Gasteiger partial charge is 0.481 e. The molecule has 0 aromatic carbocycles.